The molecule has 0 atom stereocenters. The fourth-order valence-electron chi connectivity index (χ4n) is 1.96. The second kappa shape index (κ2) is 7.04. The van der Waals surface area contributed by atoms with Gasteiger partial charge in [0.25, 0.3) is 5.91 Å². The smallest absolute Gasteiger partial charge is 0.265 e. The molecule has 0 aliphatic rings. The van der Waals surface area contributed by atoms with E-state index in [0.29, 0.717) is 10.6 Å². The Kier molecular flexibility index (Phi) is 5.36. The van der Waals surface area contributed by atoms with Crippen LogP contribution < -0.4 is 10.2 Å². The van der Waals surface area contributed by atoms with Gasteiger partial charge in [-0.2, -0.15) is 0 Å². The second-order valence-electron chi connectivity index (χ2n) is 4.60. The first-order valence-corrected chi connectivity index (χ1v) is 8.44. The molecule has 0 aromatic carbocycles. The summed E-state index contributed by atoms with van der Waals surface area (Å²) in [6.45, 7) is 7.99. The quantitative estimate of drug-likeness (QED) is 0.855. The highest BCUT2D eigenvalue weighted by atomic mass is 79.9. The Morgan fingerprint density at radius 3 is 2.57 bits per heavy atom. The van der Waals surface area contributed by atoms with Gasteiger partial charge < -0.3 is 10.2 Å². The Morgan fingerprint density at radius 2 is 2.10 bits per heavy atom. The number of aryl methyl sites for hydroxylation is 1. The van der Waals surface area contributed by atoms with E-state index in [2.05, 4.69) is 45.0 Å². The Labute approximate surface area is 137 Å². The van der Waals surface area contributed by atoms with Crippen molar-refractivity contribution in [3.05, 3.63) is 38.6 Å². The van der Waals surface area contributed by atoms with E-state index >= 15 is 0 Å². The van der Waals surface area contributed by atoms with Crippen LogP contribution in [0.4, 0.5) is 11.5 Å². The first-order chi connectivity index (χ1) is 10.0. The van der Waals surface area contributed by atoms with Crippen molar-refractivity contribution in [2.75, 3.05) is 23.3 Å². The van der Waals surface area contributed by atoms with Crippen molar-refractivity contribution in [2.45, 2.75) is 20.8 Å². The zero-order valence-corrected chi connectivity index (χ0v) is 14.7. The van der Waals surface area contributed by atoms with Crippen LogP contribution in [-0.4, -0.2) is 24.0 Å². The molecule has 0 saturated heterocycles. The van der Waals surface area contributed by atoms with E-state index in [9.17, 15) is 4.79 Å². The summed E-state index contributed by atoms with van der Waals surface area (Å²) in [5, 5.41) is 2.87. The maximum Gasteiger partial charge on any atom is 0.265 e. The standard InChI is InChI=1S/C15H18BrN3OS/c1-4-19(5-2)13-7-6-11(9-17-13)18-15(20)12-8-10(3)14(16)21-12/h6-9H,4-5H2,1-3H3,(H,18,20). The second-order valence-corrected chi connectivity index (χ2v) is 6.97. The van der Waals surface area contributed by atoms with Gasteiger partial charge in [-0.15, -0.1) is 11.3 Å². The molecule has 0 aliphatic carbocycles. The number of hydrogen-bond donors (Lipinski definition) is 1. The molecule has 2 aromatic rings. The molecule has 2 rings (SSSR count). The van der Waals surface area contributed by atoms with Gasteiger partial charge in [0.15, 0.2) is 0 Å². The van der Waals surface area contributed by atoms with E-state index in [1.165, 1.54) is 11.3 Å². The van der Waals surface area contributed by atoms with Gasteiger partial charge in [0.1, 0.15) is 5.82 Å². The number of aromatic nitrogens is 1. The number of nitrogens with one attached hydrogen (secondary N) is 1. The van der Waals surface area contributed by atoms with Crippen molar-refractivity contribution < 1.29 is 4.79 Å². The Morgan fingerprint density at radius 1 is 1.38 bits per heavy atom. The van der Waals surface area contributed by atoms with Gasteiger partial charge in [-0.05, 0) is 60.5 Å². The summed E-state index contributed by atoms with van der Waals surface area (Å²) < 4.78 is 0.989. The van der Waals surface area contributed by atoms with Gasteiger partial charge in [0.05, 0.1) is 20.5 Å². The third kappa shape index (κ3) is 3.83. The SMILES string of the molecule is CCN(CC)c1ccc(NC(=O)c2cc(C)c(Br)s2)cn1. The molecule has 1 amide bonds. The molecule has 0 bridgehead atoms. The first kappa shape index (κ1) is 16.0. The Balaban J connectivity index is 2.08. The van der Waals surface area contributed by atoms with Crippen LogP contribution in [0.15, 0.2) is 28.2 Å². The molecule has 112 valence electrons. The molecule has 0 unspecified atom stereocenters. The van der Waals surface area contributed by atoms with E-state index in [4.69, 9.17) is 0 Å². The average molecular weight is 368 g/mol. The number of anilines is 2. The minimum atomic E-state index is -0.105. The van der Waals surface area contributed by atoms with Crippen LogP contribution in [0.2, 0.25) is 0 Å². The molecule has 0 fully saturated rings. The Hall–Kier alpha value is -1.40. The molecule has 1 N–H and O–H groups in total. The maximum absolute atomic E-state index is 12.2. The highest BCUT2D eigenvalue weighted by Gasteiger charge is 2.12. The van der Waals surface area contributed by atoms with Gasteiger partial charge in [-0.25, -0.2) is 4.98 Å². The fraction of sp³-hybridized carbons (Fsp3) is 0.333. The summed E-state index contributed by atoms with van der Waals surface area (Å²) in [7, 11) is 0. The number of nitrogens with zero attached hydrogens (tertiary/aromatic N) is 2. The van der Waals surface area contributed by atoms with E-state index < -0.39 is 0 Å². The van der Waals surface area contributed by atoms with Gasteiger partial charge >= 0.3 is 0 Å². The third-order valence-corrected chi connectivity index (χ3v) is 5.31. The molecule has 21 heavy (non-hydrogen) atoms. The number of halogens is 1. The normalized spacial score (nSPS) is 10.5. The van der Waals surface area contributed by atoms with Gasteiger partial charge in [0.2, 0.25) is 0 Å². The van der Waals surface area contributed by atoms with E-state index in [1.54, 1.807) is 6.20 Å². The molecule has 4 nitrogen and oxygen atoms in total. The van der Waals surface area contributed by atoms with Crippen LogP contribution in [0.25, 0.3) is 0 Å². The fourth-order valence-corrected chi connectivity index (χ4v) is 3.39. The highest BCUT2D eigenvalue weighted by molar-refractivity contribution is 9.11. The van der Waals surface area contributed by atoms with Crippen LogP contribution in [0.5, 0.6) is 0 Å². The zero-order valence-electron chi connectivity index (χ0n) is 12.3. The van der Waals surface area contributed by atoms with Crippen LogP contribution in [0.1, 0.15) is 29.1 Å². The number of rotatable bonds is 5. The van der Waals surface area contributed by atoms with E-state index in [-0.39, 0.29) is 5.91 Å². The van der Waals surface area contributed by atoms with E-state index in [1.807, 2.05) is 25.1 Å². The summed E-state index contributed by atoms with van der Waals surface area (Å²) in [5.41, 5.74) is 1.78. The van der Waals surface area contributed by atoms with Crippen molar-refractivity contribution in [1.29, 1.82) is 0 Å². The van der Waals surface area contributed by atoms with E-state index in [0.717, 1.165) is 28.3 Å². The molecule has 6 heteroatoms. The number of carbonyl (C=O) groups excluding carboxylic acids is 1. The number of carbonyl (C=O) groups is 1. The summed E-state index contributed by atoms with van der Waals surface area (Å²) in [4.78, 5) is 19.4. The summed E-state index contributed by atoms with van der Waals surface area (Å²) in [6.07, 6.45) is 1.70. The average Bonchev–Trinajstić information content (AvgIpc) is 2.82. The van der Waals surface area contributed by atoms with Gasteiger partial charge in [-0.1, -0.05) is 0 Å². The molecule has 2 heterocycles. The summed E-state index contributed by atoms with van der Waals surface area (Å²) >= 11 is 4.86. The molecular formula is C15H18BrN3OS. The van der Waals surface area contributed by atoms with Crippen LogP contribution >= 0.6 is 27.3 Å². The highest BCUT2D eigenvalue weighted by Crippen LogP contribution is 2.28. The van der Waals surface area contributed by atoms with Gasteiger partial charge in [0, 0.05) is 13.1 Å². The van der Waals surface area contributed by atoms with Crippen molar-refractivity contribution in [2.24, 2.45) is 0 Å². The van der Waals surface area contributed by atoms with Crippen LogP contribution in [0.3, 0.4) is 0 Å². The van der Waals surface area contributed by atoms with Crippen molar-refractivity contribution in [3.8, 4) is 0 Å². The lowest BCUT2D eigenvalue weighted by atomic mass is 10.3. The lowest BCUT2D eigenvalue weighted by Crippen LogP contribution is -2.22. The number of hydrogen-bond acceptors (Lipinski definition) is 4. The van der Waals surface area contributed by atoms with Crippen molar-refractivity contribution >= 4 is 44.7 Å². The predicted octanol–water partition coefficient (Wildman–Crippen LogP) is 4.31. The third-order valence-electron chi connectivity index (χ3n) is 3.17. The summed E-state index contributed by atoms with van der Waals surface area (Å²) in [6, 6.07) is 5.69. The maximum atomic E-state index is 12.2. The largest absolute Gasteiger partial charge is 0.357 e. The number of thiophene rings is 1. The lowest BCUT2D eigenvalue weighted by Gasteiger charge is -2.19. The molecule has 0 spiro atoms. The zero-order chi connectivity index (χ0) is 15.4. The topological polar surface area (TPSA) is 45.2 Å². The molecule has 2 aromatic heterocycles. The minimum Gasteiger partial charge on any atom is -0.357 e. The molecular weight excluding hydrogens is 350 g/mol. The molecule has 0 radical (unpaired) electrons. The minimum absolute atomic E-state index is 0.105. The predicted molar refractivity (Wildman–Crippen MR) is 92.5 cm³/mol. The summed E-state index contributed by atoms with van der Waals surface area (Å²) in [5.74, 6) is 0.818. The van der Waals surface area contributed by atoms with Crippen molar-refractivity contribution in [1.82, 2.24) is 4.98 Å². The molecule has 0 aliphatic heterocycles. The van der Waals surface area contributed by atoms with Gasteiger partial charge in [-0.3, -0.25) is 4.79 Å². The lowest BCUT2D eigenvalue weighted by molar-refractivity contribution is 0.103. The number of amides is 1. The van der Waals surface area contributed by atoms with Crippen molar-refractivity contribution in [3.63, 3.8) is 0 Å². The van der Waals surface area contributed by atoms with Crippen LogP contribution in [-0.2, 0) is 0 Å². The number of pyridine rings is 1. The Bertz CT molecular complexity index is 601. The van der Waals surface area contributed by atoms with Crippen LogP contribution in [0, 0.1) is 6.92 Å². The molecule has 0 saturated carbocycles. The first-order valence-electron chi connectivity index (χ1n) is 6.83. The monoisotopic (exact) mass is 367 g/mol.